The maximum atomic E-state index is 12.4. The van der Waals surface area contributed by atoms with Gasteiger partial charge in [-0.2, -0.15) is 0 Å². The zero-order valence-electron chi connectivity index (χ0n) is 13.1. The van der Waals surface area contributed by atoms with E-state index in [4.69, 9.17) is 4.74 Å². The molecule has 5 nitrogen and oxygen atoms in total. The van der Waals surface area contributed by atoms with Crippen molar-refractivity contribution < 1.29 is 9.53 Å². The molecule has 1 aromatic carbocycles. The molecule has 0 unspecified atom stereocenters. The molecule has 24 heavy (non-hydrogen) atoms. The third kappa shape index (κ3) is 3.35. The number of carbonyl (C=O) groups is 1. The highest BCUT2D eigenvalue weighted by molar-refractivity contribution is 6.05. The molecule has 1 aliphatic rings. The van der Waals surface area contributed by atoms with Crippen LogP contribution in [0.3, 0.4) is 0 Å². The first-order valence-electron chi connectivity index (χ1n) is 8.03. The molecule has 1 fully saturated rings. The lowest BCUT2D eigenvalue weighted by Gasteiger charge is -2.08. The number of ether oxygens (including phenoxy) is 1. The number of amides is 1. The Kier molecular flexibility index (Phi) is 3.83. The Balaban J connectivity index is 1.48. The normalized spacial score (nSPS) is 13.7. The second-order valence-electron chi connectivity index (χ2n) is 6.00. The number of hydrogen-bond acceptors (Lipinski definition) is 4. The summed E-state index contributed by atoms with van der Waals surface area (Å²) >= 11 is 0. The zero-order valence-corrected chi connectivity index (χ0v) is 13.1. The van der Waals surface area contributed by atoms with Gasteiger partial charge in [-0.15, -0.1) is 0 Å². The van der Waals surface area contributed by atoms with Crippen LogP contribution in [0.5, 0.6) is 5.88 Å². The number of pyridine rings is 2. The summed E-state index contributed by atoms with van der Waals surface area (Å²) in [5.41, 5.74) is 2.16. The van der Waals surface area contributed by atoms with Crippen LogP contribution in [0.4, 0.5) is 5.69 Å². The van der Waals surface area contributed by atoms with E-state index >= 15 is 0 Å². The second-order valence-corrected chi connectivity index (χ2v) is 6.00. The maximum absolute atomic E-state index is 12.4. The van der Waals surface area contributed by atoms with Crippen molar-refractivity contribution >= 4 is 22.5 Å². The molecule has 1 amide bonds. The summed E-state index contributed by atoms with van der Waals surface area (Å²) in [5.74, 6) is 0.963. The minimum absolute atomic E-state index is 0.183. The first kappa shape index (κ1) is 14.6. The molecule has 0 bridgehead atoms. The summed E-state index contributed by atoms with van der Waals surface area (Å²) in [6.07, 6.45) is 5.79. The van der Waals surface area contributed by atoms with E-state index in [1.807, 2.05) is 30.3 Å². The van der Waals surface area contributed by atoms with Gasteiger partial charge >= 0.3 is 0 Å². The van der Waals surface area contributed by atoms with Crippen LogP contribution >= 0.6 is 0 Å². The van der Waals surface area contributed by atoms with Crippen LogP contribution < -0.4 is 10.1 Å². The first-order valence-corrected chi connectivity index (χ1v) is 8.03. The van der Waals surface area contributed by atoms with Gasteiger partial charge in [-0.1, -0.05) is 6.07 Å². The monoisotopic (exact) mass is 319 g/mol. The van der Waals surface area contributed by atoms with Gasteiger partial charge in [0.15, 0.2) is 0 Å². The summed E-state index contributed by atoms with van der Waals surface area (Å²) in [6.45, 7) is 0.676. The quantitative estimate of drug-likeness (QED) is 0.779. The molecule has 0 saturated heterocycles. The Morgan fingerprint density at radius 1 is 1.12 bits per heavy atom. The van der Waals surface area contributed by atoms with Gasteiger partial charge < -0.3 is 10.1 Å². The summed E-state index contributed by atoms with van der Waals surface area (Å²) in [5, 5.41) is 3.89. The molecule has 5 heteroatoms. The average molecular weight is 319 g/mol. The Bertz CT molecular complexity index is 890. The Morgan fingerprint density at radius 3 is 2.92 bits per heavy atom. The number of nitrogens with one attached hydrogen (secondary N) is 1. The average Bonchev–Trinajstić information content (AvgIpc) is 3.44. The zero-order chi connectivity index (χ0) is 16.4. The van der Waals surface area contributed by atoms with Crippen molar-refractivity contribution in [3.8, 4) is 5.88 Å². The summed E-state index contributed by atoms with van der Waals surface area (Å²) in [4.78, 5) is 20.9. The fourth-order valence-corrected chi connectivity index (χ4v) is 2.47. The van der Waals surface area contributed by atoms with Crippen molar-refractivity contribution in [1.82, 2.24) is 9.97 Å². The van der Waals surface area contributed by atoms with E-state index < -0.39 is 0 Å². The van der Waals surface area contributed by atoms with Gasteiger partial charge in [0.25, 0.3) is 5.91 Å². The van der Waals surface area contributed by atoms with Crippen molar-refractivity contribution in [3.05, 3.63) is 60.4 Å². The van der Waals surface area contributed by atoms with Crippen molar-refractivity contribution in [3.63, 3.8) is 0 Å². The van der Waals surface area contributed by atoms with E-state index in [2.05, 4.69) is 15.3 Å². The fourth-order valence-electron chi connectivity index (χ4n) is 2.47. The highest BCUT2D eigenvalue weighted by Gasteiger charge is 2.22. The smallest absolute Gasteiger partial charge is 0.255 e. The molecule has 0 radical (unpaired) electrons. The molecule has 3 aromatic rings. The predicted octanol–water partition coefficient (Wildman–Crippen LogP) is 3.67. The summed E-state index contributed by atoms with van der Waals surface area (Å²) in [6, 6.07) is 12.9. The van der Waals surface area contributed by atoms with Crippen LogP contribution in [0.15, 0.2) is 54.9 Å². The van der Waals surface area contributed by atoms with Gasteiger partial charge in [0.1, 0.15) is 0 Å². The standard InChI is InChI=1S/C19H17N3O2/c23-19(15-7-9-21-18(11-15)24-12-13-3-4-13)22-16-5-6-17-14(10-16)2-1-8-20-17/h1-2,5-11,13H,3-4,12H2,(H,22,23). The molecule has 0 spiro atoms. The maximum Gasteiger partial charge on any atom is 0.255 e. The van der Waals surface area contributed by atoms with Crippen LogP contribution in [-0.4, -0.2) is 22.5 Å². The second kappa shape index (κ2) is 6.28. The molecule has 4 rings (SSSR count). The number of nitrogens with zero attached hydrogens (tertiary/aromatic N) is 2. The summed E-state index contributed by atoms with van der Waals surface area (Å²) < 4.78 is 5.63. The van der Waals surface area contributed by atoms with E-state index in [1.54, 1.807) is 24.5 Å². The highest BCUT2D eigenvalue weighted by atomic mass is 16.5. The van der Waals surface area contributed by atoms with Crippen LogP contribution in [0.1, 0.15) is 23.2 Å². The van der Waals surface area contributed by atoms with Crippen molar-refractivity contribution in [1.29, 1.82) is 0 Å². The first-order chi connectivity index (χ1) is 11.8. The number of hydrogen-bond donors (Lipinski definition) is 1. The molecule has 120 valence electrons. The van der Waals surface area contributed by atoms with Gasteiger partial charge in [0, 0.05) is 35.1 Å². The third-order valence-corrected chi connectivity index (χ3v) is 4.02. The van der Waals surface area contributed by atoms with Gasteiger partial charge in [-0.05, 0) is 49.1 Å². The molecule has 2 aromatic heterocycles. The van der Waals surface area contributed by atoms with Crippen LogP contribution in [0.2, 0.25) is 0 Å². The minimum atomic E-state index is -0.183. The molecule has 2 heterocycles. The van der Waals surface area contributed by atoms with E-state index in [0.29, 0.717) is 24.0 Å². The molecule has 1 aliphatic carbocycles. The molecule has 1 saturated carbocycles. The third-order valence-electron chi connectivity index (χ3n) is 4.02. The number of carbonyl (C=O) groups excluding carboxylic acids is 1. The number of benzene rings is 1. The van der Waals surface area contributed by atoms with Crippen LogP contribution in [0, 0.1) is 5.92 Å². The lowest BCUT2D eigenvalue weighted by molar-refractivity contribution is 0.102. The highest BCUT2D eigenvalue weighted by Crippen LogP contribution is 2.29. The topological polar surface area (TPSA) is 64.1 Å². The van der Waals surface area contributed by atoms with Crippen molar-refractivity contribution in [2.45, 2.75) is 12.8 Å². The number of fused-ring (bicyclic) bond motifs is 1. The SMILES string of the molecule is O=C(Nc1ccc2ncccc2c1)c1ccnc(OCC2CC2)c1. The van der Waals surface area contributed by atoms with E-state index in [1.165, 1.54) is 12.8 Å². The van der Waals surface area contributed by atoms with Crippen molar-refractivity contribution in [2.24, 2.45) is 5.92 Å². The largest absolute Gasteiger partial charge is 0.477 e. The van der Waals surface area contributed by atoms with Gasteiger partial charge in [0.2, 0.25) is 5.88 Å². The minimum Gasteiger partial charge on any atom is -0.477 e. The fraction of sp³-hybridized carbons (Fsp3) is 0.211. The van der Waals surface area contributed by atoms with Gasteiger partial charge in [-0.25, -0.2) is 4.98 Å². The Hall–Kier alpha value is -2.95. The Labute approximate surface area is 139 Å². The van der Waals surface area contributed by atoms with Crippen LogP contribution in [-0.2, 0) is 0 Å². The van der Waals surface area contributed by atoms with E-state index in [-0.39, 0.29) is 5.91 Å². The number of rotatable bonds is 5. The molecule has 0 aliphatic heterocycles. The van der Waals surface area contributed by atoms with E-state index in [0.717, 1.165) is 16.6 Å². The molecular weight excluding hydrogens is 302 g/mol. The van der Waals surface area contributed by atoms with Crippen molar-refractivity contribution in [2.75, 3.05) is 11.9 Å². The Morgan fingerprint density at radius 2 is 2.04 bits per heavy atom. The summed E-state index contributed by atoms with van der Waals surface area (Å²) in [7, 11) is 0. The number of anilines is 1. The van der Waals surface area contributed by atoms with Crippen LogP contribution in [0.25, 0.3) is 10.9 Å². The molecular formula is C19H17N3O2. The lowest BCUT2D eigenvalue weighted by Crippen LogP contribution is -2.12. The molecule has 0 atom stereocenters. The predicted molar refractivity (Wildman–Crippen MR) is 92.2 cm³/mol. The van der Waals surface area contributed by atoms with E-state index in [9.17, 15) is 4.79 Å². The number of aromatic nitrogens is 2. The lowest BCUT2D eigenvalue weighted by atomic mass is 10.2. The van der Waals surface area contributed by atoms with Gasteiger partial charge in [0.05, 0.1) is 12.1 Å². The molecule has 1 N–H and O–H groups in total. The van der Waals surface area contributed by atoms with Gasteiger partial charge in [-0.3, -0.25) is 9.78 Å².